The number of fused-ring (bicyclic) bond motifs is 1. The summed E-state index contributed by atoms with van der Waals surface area (Å²) in [6.07, 6.45) is 1.12. The number of para-hydroxylation sites is 1. The number of amides is 3. The van der Waals surface area contributed by atoms with Gasteiger partial charge in [0.25, 0.3) is 0 Å². The van der Waals surface area contributed by atoms with E-state index in [1.165, 1.54) is 6.92 Å². The van der Waals surface area contributed by atoms with E-state index in [1.54, 1.807) is 13.1 Å². The van der Waals surface area contributed by atoms with Gasteiger partial charge in [-0.25, -0.2) is 4.79 Å². The fraction of sp³-hybridized carbons (Fsp3) is 0.500. The highest BCUT2D eigenvalue weighted by Gasteiger charge is 2.34. The van der Waals surface area contributed by atoms with Crippen LogP contribution in [0.4, 0.5) is 0 Å². The normalized spacial score (nSPS) is 16.3. The maximum absolute atomic E-state index is 13.1. The Labute approximate surface area is 208 Å². The second-order valence-electron chi connectivity index (χ2n) is 8.85. The van der Waals surface area contributed by atoms with Gasteiger partial charge >= 0.3 is 5.97 Å². The Balaban J connectivity index is 2.12. The lowest BCUT2D eigenvalue weighted by Crippen LogP contribution is -2.61. The molecule has 0 aliphatic carbocycles. The molecule has 9 N–H and O–H groups in total. The molecule has 0 aliphatic heterocycles. The van der Waals surface area contributed by atoms with E-state index in [0.29, 0.717) is 6.42 Å². The Bertz CT molecular complexity index is 1070. The van der Waals surface area contributed by atoms with E-state index < -0.39 is 60.6 Å². The number of carbonyl (C=O) groups is 4. The lowest BCUT2D eigenvalue weighted by atomic mass is 9.96. The first-order valence-corrected chi connectivity index (χ1v) is 11.7. The number of aromatic amines is 1. The third-order valence-corrected chi connectivity index (χ3v) is 6.10. The summed E-state index contributed by atoms with van der Waals surface area (Å²) in [6, 6.07) is 2.42. The number of nitrogens with two attached hydrogens (primary N) is 1. The number of nitrogens with one attached hydrogen (secondary N) is 4. The summed E-state index contributed by atoms with van der Waals surface area (Å²) >= 11 is 0. The van der Waals surface area contributed by atoms with E-state index in [-0.39, 0.29) is 12.3 Å². The van der Waals surface area contributed by atoms with Gasteiger partial charge in [-0.15, -0.1) is 0 Å². The molecule has 0 spiro atoms. The van der Waals surface area contributed by atoms with Gasteiger partial charge < -0.3 is 42.0 Å². The van der Waals surface area contributed by atoms with Crippen molar-refractivity contribution < 1.29 is 34.5 Å². The highest BCUT2D eigenvalue weighted by atomic mass is 16.4. The first-order valence-electron chi connectivity index (χ1n) is 11.7. The van der Waals surface area contributed by atoms with Crippen molar-refractivity contribution >= 4 is 34.6 Å². The smallest absolute Gasteiger partial charge is 0.328 e. The van der Waals surface area contributed by atoms with Crippen LogP contribution < -0.4 is 21.7 Å². The maximum atomic E-state index is 13.1. The van der Waals surface area contributed by atoms with Crippen LogP contribution in [0.3, 0.4) is 0 Å². The third kappa shape index (κ3) is 7.26. The number of hydrogen-bond acceptors (Lipinski definition) is 7. The van der Waals surface area contributed by atoms with E-state index in [1.807, 2.05) is 31.2 Å². The Morgan fingerprint density at radius 3 is 2.19 bits per heavy atom. The van der Waals surface area contributed by atoms with Crippen LogP contribution >= 0.6 is 0 Å². The molecule has 2 rings (SSSR count). The summed E-state index contributed by atoms with van der Waals surface area (Å²) in [5, 5.41) is 36.2. The van der Waals surface area contributed by atoms with Gasteiger partial charge in [0.2, 0.25) is 17.7 Å². The van der Waals surface area contributed by atoms with Crippen LogP contribution in [0.1, 0.15) is 32.8 Å². The summed E-state index contributed by atoms with van der Waals surface area (Å²) in [4.78, 5) is 52.7. The van der Waals surface area contributed by atoms with E-state index in [2.05, 4.69) is 20.9 Å². The Kier molecular flexibility index (Phi) is 10.4. The second kappa shape index (κ2) is 13.0. The molecule has 2 aromatic rings. The third-order valence-electron chi connectivity index (χ3n) is 6.10. The zero-order valence-electron chi connectivity index (χ0n) is 20.5. The molecule has 0 saturated heterocycles. The number of carbonyl (C=O) groups excluding carboxylic acids is 3. The molecule has 0 bridgehead atoms. The summed E-state index contributed by atoms with van der Waals surface area (Å²) in [5.41, 5.74) is 7.90. The highest BCUT2D eigenvalue weighted by molar-refractivity contribution is 5.94. The molecular weight excluding hydrogens is 470 g/mol. The van der Waals surface area contributed by atoms with Crippen molar-refractivity contribution in [2.45, 2.75) is 63.9 Å². The zero-order valence-corrected chi connectivity index (χ0v) is 20.5. The Morgan fingerprint density at radius 1 is 1.00 bits per heavy atom. The number of aliphatic hydroxyl groups is 2. The summed E-state index contributed by atoms with van der Waals surface area (Å²) in [5.74, 6) is -4.13. The van der Waals surface area contributed by atoms with E-state index in [9.17, 15) is 24.3 Å². The summed E-state index contributed by atoms with van der Waals surface area (Å²) < 4.78 is 0. The summed E-state index contributed by atoms with van der Waals surface area (Å²) in [6.45, 7) is 3.93. The van der Waals surface area contributed by atoms with Crippen LogP contribution in [0.15, 0.2) is 30.5 Å². The van der Waals surface area contributed by atoms with E-state index in [4.69, 9.17) is 15.9 Å². The van der Waals surface area contributed by atoms with E-state index in [0.717, 1.165) is 16.5 Å². The van der Waals surface area contributed by atoms with Crippen LogP contribution in [0, 0.1) is 5.92 Å². The standard InChI is InChI=1S/C24H35N5O7/c1-4-12(2)19(22(33)29-20(13(3)31)23(34)27-18(11-30)24(35)36)28-21(32)16(25)9-14-10-26-17-8-6-5-7-15(14)17/h5-8,10,12-13,16,18-20,26,30-31H,4,9,11,25H2,1-3H3,(H,27,34)(H,28,32)(H,29,33)(H,35,36). The van der Waals surface area contributed by atoms with Crippen molar-refractivity contribution in [2.75, 3.05) is 6.61 Å². The number of aromatic nitrogens is 1. The minimum absolute atomic E-state index is 0.223. The van der Waals surface area contributed by atoms with Gasteiger partial charge in [0.1, 0.15) is 18.1 Å². The fourth-order valence-electron chi connectivity index (χ4n) is 3.69. The fourth-order valence-corrected chi connectivity index (χ4v) is 3.69. The number of hydrogen-bond donors (Lipinski definition) is 8. The van der Waals surface area contributed by atoms with Gasteiger partial charge in [-0.3, -0.25) is 14.4 Å². The number of rotatable bonds is 13. The molecule has 198 valence electrons. The molecular formula is C24H35N5O7. The number of benzene rings is 1. The van der Waals surface area contributed by atoms with E-state index >= 15 is 0 Å². The van der Waals surface area contributed by atoms with Crippen LogP contribution in [-0.2, 0) is 25.6 Å². The van der Waals surface area contributed by atoms with Crippen molar-refractivity contribution in [1.82, 2.24) is 20.9 Å². The highest BCUT2D eigenvalue weighted by Crippen LogP contribution is 2.19. The predicted molar refractivity (Wildman–Crippen MR) is 132 cm³/mol. The minimum Gasteiger partial charge on any atom is -0.480 e. The molecule has 6 unspecified atom stereocenters. The molecule has 0 fully saturated rings. The van der Waals surface area contributed by atoms with Gasteiger partial charge in [-0.2, -0.15) is 0 Å². The molecule has 1 aromatic heterocycles. The molecule has 0 aliphatic rings. The lowest BCUT2D eigenvalue weighted by Gasteiger charge is -2.28. The molecule has 36 heavy (non-hydrogen) atoms. The largest absolute Gasteiger partial charge is 0.480 e. The average Bonchev–Trinajstić information content (AvgIpc) is 3.25. The first-order chi connectivity index (χ1) is 17.0. The first kappa shape index (κ1) is 28.8. The summed E-state index contributed by atoms with van der Waals surface area (Å²) in [7, 11) is 0. The monoisotopic (exact) mass is 505 g/mol. The molecule has 1 aromatic carbocycles. The Hall–Kier alpha value is -3.48. The minimum atomic E-state index is -1.61. The van der Waals surface area contributed by atoms with Crippen LogP contribution in [0.25, 0.3) is 10.9 Å². The molecule has 0 radical (unpaired) electrons. The Morgan fingerprint density at radius 2 is 1.61 bits per heavy atom. The number of carboxylic acid groups (broad SMARTS) is 1. The average molecular weight is 506 g/mol. The van der Waals surface area contributed by atoms with Crippen molar-refractivity contribution in [1.29, 1.82) is 0 Å². The second-order valence-corrected chi connectivity index (χ2v) is 8.85. The van der Waals surface area contributed by atoms with Crippen molar-refractivity contribution in [3.8, 4) is 0 Å². The van der Waals surface area contributed by atoms with Crippen LogP contribution in [0.5, 0.6) is 0 Å². The predicted octanol–water partition coefficient (Wildman–Crippen LogP) is -1.00. The van der Waals surface area contributed by atoms with Crippen LogP contribution in [0.2, 0.25) is 0 Å². The van der Waals surface area contributed by atoms with Crippen molar-refractivity contribution in [2.24, 2.45) is 11.7 Å². The van der Waals surface area contributed by atoms with Gasteiger partial charge in [-0.05, 0) is 30.9 Å². The molecule has 12 nitrogen and oxygen atoms in total. The molecule has 0 saturated carbocycles. The van der Waals surface area contributed by atoms with Crippen LogP contribution in [-0.4, -0.2) is 80.9 Å². The van der Waals surface area contributed by atoms with Crippen molar-refractivity contribution in [3.63, 3.8) is 0 Å². The van der Waals surface area contributed by atoms with Gasteiger partial charge in [0, 0.05) is 17.1 Å². The molecule has 1 heterocycles. The maximum Gasteiger partial charge on any atom is 0.328 e. The molecule has 12 heteroatoms. The quantitative estimate of drug-likeness (QED) is 0.169. The van der Waals surface area contributed by atoms with Gasteiger partial charge in [0.05, 0.1) is 18.8 Å². The molecule has 3 amide bonds. The topological polar surface area (TPSA) is 207 Å². The number of aliphatic carboxylic acids is 1. The number of aliphatic hydroxyl groups excluding tert-OH is 2. The SMILES string of the molecule is CCC(C)C(NC(=O)C(N)Cc1c[nH]c2ccccc12)C(=O)NC(C(=O)NC(CO)C(=O)O)C(C)O. The number of carboxylic acids is 1. The molecule has 6 atom stereocenters. The van der Waals surface area contributed by atoms with Gasteiger partial charge in [0.15, 0.2) is 0 Å². The van der Waals surface area contributed by atoms with Crippen molar-refractivity contribution in [3.05, 3.63) is 36.0 Å². The lowest BCUT2D eigenvalue weighted by molar-refractivity contribution is -0.144. The van der Waals surface area contributed by atoms with Gasteiger partial charge in [-0.1, -0.05) is 38.5 Å². The number of H-pyrrole nitrogens is 1. The zero-order chi connectivity index (χ0) is 27.0.